The van der Waals surface area contributed by atoms with Crippen LogP contribution in [0.25, 0.3) is 0 Å². The lowest BCUT2D eigenvalue weighted by Gasteiger charge is -2.43. The van der Waals surface area contributed by atoms with E-state index in [4.69, 9.17) is 0 Å². The number of aliphatic hydroxyl groups excluding tert-OH is 1. The lowest BCUT2D eigenvalue weighted by atomic mass is 10.1. The van der Waals surface area contributed by atoms with Gasteiger partial charge in [0.15, 0.2) is 0 Å². The highest BCUT2D eigenvalue weighted by atomic mass is 32.2. The predicted molar refractivity (Wildman–Crippen MR) is 73.4 cm³/mol. The minimum atomic E-state index is -5.65. The second-order valence-electron chi connectivity index (χ2n) is 6.06. The topological polar surface area (TPSA) is 63.6 Å². The Morgan fingerprint density at radius 3 is 2.05 bits per heavy atom. The lowest BCUT2D eigenvalue weighted by molar-refractivity contribution is -0.0554. The second-order valence-corrected chi connectivity index (χ2v) is 13.1. The fraction of sp³-hybridized carbons (Fsp3) is 1.00. The summed E-state index contributed by atoms with van der Waals surface area (Å²) in [4.78, 5) is 0. The smallest absolute Gasteiger partial charge is 0.394 e. The molecule has 0 aliphatic rings. The molecule has 1 N–H and O–H groups in total. The van der Waals surface area contributed by atoms with Crippen molar-refractivity contribution in [3.8, 4) is 0 Å². The molecule has 20 heavy (non-hydrogen) atoms. The highest BCUT2D eigenvalue weighted by Gasteiger charge is 2.49. The average Bonchev–Trinajstić information content (AvgIpc) is 2.23. The summed E-state index contributed by atoms with van der Waals surface area (Å²) in [5.41, 5.74) is -6.65. The molecule has 0 spiro atoms. The Morgan fingerprint density at radius 1 is 1.25 bits per heavy atom. The van der Waals surface area contributed by atoms with Gasteiger partial charge in [0.25, 0.3) is 0 Å². The molecule has 0 amide bonds. The van der Waals surface area contributed by atoms with Crippen LogP contribution >= 0.6 is 0 Å². The van der Waals surface area contributed by atoms with E-state index >= 15 is 0 Å². The summed E-state index contributed by atoms with van der Waals surface area (Å²) < 4.78 is 62.0. The molecule has 0 heterocycles. The molecule has 0 bridgehead atoms. The van der Waals surface area contributed by atoms with Crippen LogP contribution in [0.3, 0.4) is 0 Å². The second kappa shape index (κ2) is 6.33. The third-order valence-corrected chi connectivity index (χ3v) is 10.7. The minimum Gasteiger partial charge on any atom is -0.394 e. The molecule has 0 aromatic carbocycles. The molecule has 0 aromatic heterocycles. The summed E-state index contributed by atoms with van der Waals surface area (Å²) in [6, 6.07) is 0. The molecule has 122 valence electrons. The van der Waals surface area contributed by atoms with Gasteiger partial charge in [-0.3, -0.25) is 4.18 Å². The van der Waals surface area contributed by atoms with Gasteiger partial charge in [-0.2, -0.15) is 21.6 Å². The highest BCUT2D eigenvalue weighted by Crippen LogP contribution is 2.43. The van der Waals surface area contributed by atoms with Gasteiger partial charge in [0.05, 0.1) is 20.4 Å². The molecule has 0 rings (SSSR count). The maximum atomic E-state index is 12.2. The number of hydrogen-bond donors (Lipinski definition) is 1. The van der Waals surface area contributed by atoms with Crippen LogP contribution in [0.2, 0.25) is 18.1 Å². The Hall–Kier alpha value is -0.123. The van der Waals surface area contributed by atoms with E-state index in [1.807, 2.05) is 33.9 Å². The van der Waals surface area contributed by atoms with Crippen LogP contribution in [-0.4, -0.2) is 39.4 Å². The Kier molecular flexibility index (Phi) is 6.29. The number of rotatable bonds is 7. The van der Waals surface area contributed by atoms with E-state index in [2.05, 4.69) is 4.18 Å². The number of hydrogen-bond acceptors (Lipinski definition) is 4. The van der Waals surface area contributed by atoms with Crippen molar-refractivity contribution >= 4 is 18.2 Å². The summed E-state index contributed by atoms with van der Waals surface area (Å²) >= 11 is 0. The van der Waals surface area contributed by atoms with Crippen molar-refractivity contribution in [2.24, 2.45) is 0 Å². The van der Waals surface area contributed by atoms with Crippen LogP contribution in [-0.2, 0) is 14.3 Å². The highest BCUT2D eigenvalue weighted by molar-refractivity contribution is 7.87. The summed E-state index contributed by atoms with van der Waals surface area (Å²) in [7, 11) is -8.06. The zero-order valence-electron chi connectivity index (χ0n) is 12.4. The minimum absolute atomic E-state index is 0.244. The van der Waals surface area contributed by atoms with Crippen molar-refractivity contribution in [2.75, 3.05) is 6.61 Å². The molecule has 0 saturated heterocycles. The predicted octanol–water partition coefficient (Wildman–Crippen LogP) is 3.04. The fourth-order valence-electron chi connectivity index (χ4n) is 1.83. The van der Waals surface area contributed by atoms with Crippen molar-refractivity contribution in [3.63, 3.8) is 0 Å². The van der Waals surface area contributed by atoms with E-state index in [9.17, 15) is 26.7 Å². The van der Waals surface area contributed by atoms with Crippen LogP contribution in [0.4, 0.5) is 13.2 Å². The largest absolute Gasteiger partial charge is 0.523 e. The molecule has 4 nitrogen and oxygen atoms in total. The lowest BCUT2D eigenvalue weighted by Crippen LogP contribution is -2.53. The molecule has 0 radical (unpaired) electrons. The molecule has 0 aliphatic carbocycles. The first kappa shape index (κ1) is 19.9. The van der Waals surface area contributed by atoms with E-state index in [-0.39, 0.29) is 5.04 Å². The maximum absolute atomic E-state index is 12.2. The maximum Gasteiger partial charge on any atom is 0.523 e. The first-order valence-electron chi connectivity index (χ1n) is 6.33. The number of alkyl halides is 3. The Morgan fingerprint density at radius 2 is 1.70 bits per heavy atom. The monoisotopic (exact) mass is 336 g/mol. The summed E-state index contributed by atoms with van der Waals surface area (Å²) in [5, 5.41) is 9.83. The average molecular weight is 336 g/mol. The van der Waals surface area contributed by atoms with E-state index < -0.39 is 36.0 Å². The normalized spacial score (nSPS) is 16.2. The van der Waals surface area contributed by atoms with Crippen LogP contribution in [0.15, 0.2) is 0 Å². The zero-order valence-corrected chi connectivity index (χ0v) is 14.2. The molecule has 1 unspecified atom stereocenters. The number of aliphatic hydroxyl groups is 1. The van der Waals surface area contributed by atoms with Gasteiger partial charge in [-0.1, -0.05) is 46.7 Å². The van der Waals surface area contributed by atoms with Gasteiger partial charge >= 0.3 is 15.6 Å². The molecule has 0 aromatic rings. The third kappa shape index (κ3) is 4.44. The van der Waals surface area contributed by atoms with Crippen molar-refractivity contribution in [3.05, 3.63) is 0 Å². The SMILES string of the molecule is CCCC(C)(C)[Si](C)(C)C(O)COS(=O)(=O)C(F)(F)F. The summed E-state index contributed by atoms with van der Waals surface area (Å²) in [5.74, 6) is 0. The van der Waals surface area contributed by atoms with E-state index in [0.717, 1.165) is 12.8 Å². The van der Waals surface area contributed by atoms with Gasteiger partial charge in [-0.05, 0) is 5.04 Å². The van der Waals surface area contributed by atoms with Crippen LogP contribution in [0.5, 0.6) is 0 Å². The zero-order chi connectivity index (χ0) is 16.4. The molecular formula is C11H23F3O4SSi. The summed E-state index contributed by atoms with van der Waals surface area (Å²) in [6.45, 7) is 8.62. The molecule has 0 saturated carbocycles. The van der Waals surface area contributed by atoms with Crippen LogP contribution in [0.1, 0.15) is 33.6 Å². The van der Waals surface area contributed by atoms with Crippen molar-refractivity contribution in [1.82, 2.24) is 0 Å². The van der Waals surface area contributed by atoms with Crippen LogP contribution < -0.4 is 0 Å². The number of halogens is 3. The molecule has 1 atom stereocenters. The van der Waals surface area contributed by atoms with Crippen LogP contribution in [0, 0.1) is 0 Å². The van der Waals surface area contributed by atoms with Gasteiger partial charge in [0.2, 0.25) is 0 Å². The molecule has 0 fully saturated rings. The Labute approximate surface area is 119 Å². The molecular weight excluding hydrogens is 313 g/mol. The quantitative estimate of drug-likeness (QED) is 0.441. The van der Waals surface area contributed by atoms with Crippen molar-refractivity contribution in [1.29, 1.82) is 0 Å². The van der Waals surface area contributed by atoms with E-state index in [1.54, 1.807) is 0 Å². The van der Waals surface area contributed by atoms with Gasteiger partial charge < -0.3 is 5.11 Å². The first-order chi connectivity index (χ1) is 8.69. The van der Waals surface area contributed by atoms with Gasteiger partial charge in [-0.25, -0.2) is 0 Å². The standard InChI is InChI=1S/C11H23F3O4SSi/c1-6-7-10(2,3)20(4,5)9(15)8-18-19(16,17)11(12,13)14/h9,15H,6-8H2,1-5H3. The van der Waals surface area contributed by atoms with E-state index in [0.29, 0.717) is 0 Å². The molecule has 9 heteroatoms. The fourth-order valence-corrected chi connectivity index (χ4v) is 4.69. The van der Waals surface area contributed by atoms with Crippen molar-refractivity contribution in [2.45, 2.75) is 63.0 Å². The van der Waals surface area contributed by atoms with Gasteiger partial charge in [0.1, 0.15) is 0 Å². The van der Waals surface area contributed by atoms with Gasteiger partial charge in [-0.15, -0.1) is 0 Å². The Balaban J connectivity index is 4.91. The van der Waals surface area contributed by atoms with Crippen molar-refractivity contribution < 1.29 is 30.9 Å². The summed E-state index contributed by atoms with van der Waals surface area (Å²) in [6.07, 6.45) is 1.67. The third-order valence-electron chi connectivity index (χ3n) is 4.12. The van der Waals surface area contributed by atoms with Gasteiger partial charge in [0, 0.05) is 0 Å². The van der Waals surface area contributed by atoms with E-state index in [1.165, 1.54) is 0 Å². The Bertz CT molecular complexity index is 418. The first-order valence-corrected chi connectivity index (χ1v) is 10.8. The molecule has 0 aliphatic heterocycles.